The summed E-state index contributed by atoms with van der Waals surface area (Å²) in [6, 6.07) is 6.84. The summed E-state index contributed by atoms with van der Waals surface area (Å²) in [7, 11) is 1.59. The Labute approximate surface area is 124 Å². The maximum atomic E-state index is 11.9. The number of urea groups is 1. The van der Waals surface area contributed by atoms with Gasteiger partial charge in [0.05, 0.1) is 12.6 Å². The van der Waals surface area contributed by atoms with Gasteiger partial charge in [-0.25, -0.2) is 4.79 Å². The summed E-state index contributed by atoms with van der Waals surface area (Å²) in [6.45, 7) is 2.43. The summed E-state index contributed by atoms with van der Waals surface area (Å²) in [5, 5.41) is 14.2. The molecule has 2 amide bonds. The molecule has 0 saturated carbocycles. The fourth-order valence-electron chi connectivity index (χ4n) is 1.87. The van der Waals surface area contributed by atoms with Crippen molar-refractivity contribution in [2.75, 3.05) is 19.0 Å². The predicted octanol–water partition coefficient (Wildman–Crippen LogP) is 2.25. The van der Waals surface area contributed by atoms with E-state index in [-0.39, 0.29) is 18.5 Å². The number of rotatable bonds is 8. The van der Waals surface area contributed by atoms with E-state index in [2.05, 4.69) is 10.6 Å². The van der Waals surface area contributed by atoms with Gasteiger partial charge in [0, 0.05) is 19.2 Å². The van der Waals surface area contributed by atoms with Crippen molar-refractivity contribution in [2.24, 2.45) is 0 Å². The molecule has 116 valence electrons. The number of hydrogen-bond acceptors (Lipinski definition) is 3. The van der Waals surface area contributed by atoms with Crippen LogP contribution in [0, 0.1) is 0 Å². The number of benzene rings is 1. The number of anilines is 1. The lowest BCUT2D eigenvalue weighted by Gasteiger charge is -2.16. The number of carboxylic acid groups (broad SMARTS) is 1. The SMILES string of the molecule is CCC(COC)NC(=O)Nc1cccc(CCC(=O)O)c1. The van der Waals surface area contributed by atoms with Gasteiger partial charge in [-0.15, -0.1) is 0 Å². The number of aryl methyl sites for hydroxylation is 1. The largest absolute Gasteiger partial charge is 0.481 e. The van der Waals surface area contributed by atoms with Crippen LogP contribution in [-0.2, 0) is 16.0 Å². The number of hydrogen-bond donors (Lipinski definition) is 3. The fraction of sp³-hybridized carbons (Fsp3) is 0.467. The molecule has 0 aliphatic heterocycles. The highest BCUT2D eigenvalue weighted by molar-refractivity contribution is 5.89. The summed E-state index contributed by atoms with van der Waals surface area (Å²) in [4.78, 5) is 22.4. The molecule has 6 nitrogen and oxygen atoms in total. The van der Waals surface area contributed by atoms with E-state index in [0.29, 0.717) is 18.7 Å². The Kier molecular flexibility index (Phi) is 7.25. The number of ether oxygens (including phenoxy) is 1. The zero-order chi connectivity index (χ0) is 15.7. The molecule has 3 N–H and O–H groups in total. The molecular formula is C15H22N2O4. The molecule has 0 aromatic heterocycles. The average molecular weight is 294 g/mol. The lowest BCUT2D eigenvalue weighted by molar-refractivity contribution is -0.136. The first-order valence-corrected chi connectivity index (χ1v) is 6.92. The van der Waals surface area contributed by atoms with Crippen LogP contribution in [0.4, 0.5) is 10.5 Å². The lowest BCUT2D eigenvalue weighted by atomic mass is 10.1. The number of carbonyl (C=O) groups is 2. The van der Waals surface area contributed by atoms with Crippen LogP contribution in [0.25, 0.3) is 0 Å². The number of carbonyl (C=O) groups excluding carboxylic acids is 1. The van der Waals surface area contributed by atoms with E-state index >= 15 is 0 Å². The molecule has 1 aromatic carbocycles. The van der Waals surface area contributed by atoms with Crippen molar-refractivity contribution in [3.05, 3.63) is 29.8 Å². The summed E-state index contributed by atoms with van der Waals surface area (Å²) in [6.07, 6.45) is 1.29. The van der Waals surface area contributed by atoms with Crippen LogP contribution in [0.1, 0.15) is 25.3 Å². The van der Waals surface area contributed by atoms with Crippen molar-refractivity contribution in [3.63, 3.8) is 0 Å². The Hall–Kier alpha value is -2.08. The van der Waals surface area contributed by atoms with Crippen molar-refractivity contribution >= 4 is 17.7 Å². The summed E-state index contributed by atoms with van der Waals surface area (Å²) in [5.41, 5.74) is 1.52. The highest BCUT2D eigenvalue weighted by Crippen LogP contribution is 2.12. The average Bonchev–Trinajstić information content (AvgIpc) is 2.45. The van der Waals surface area contributed by atoms with Gasteiger partial charge in [-0.05, 0) is 30.5 Å². The molecule has 0 spiro atoms. The molecule has 6 heteroatoms. The molecule has 0 fully saturated rings. The molecule has 1 atom stereocenters. The second kappa shape index (κ2) is 8.97. The van der Waals surface area contributed by atoms with Crippen LogP contribution in [0.3, 0.4) is 0 Å². The standard InChI is InChI=1S/C15H22N2O4/c1-3-12(10-21-2)16-15(20)17-13-6-4-5-11(9-13)7-8-14(18)19/h4-6,9,12H,3,7-8,10H2,1-2H3,(H,18,19)(H2,16,17,20). The van der Waals surface area contributed by atoms with Crippen molar-refractivity contribution < 1.29 is 19.4 Å². The van der Waals surface area contributed by atoms with Crippen LogP contribution in [0.2, 0.25) is 0 Å². The van der Waals surface area contributed by atoms with Crippen LogP contribution in [-0.4, -0.2) is 36.9 Å². The summed E-state index contributed by atoms with van der Waals surface area (Å²) in [5.74, 6) is -0.837. The van der Waals surface area contributed by atoms with Gasteiger partial charge in [-0.1, -0.05) is 19.1 Å². The Morgan fingerprint density at radius 1 is 1.38 bits per heavy atom. The van der Waals surface area contributed by atoms with Crippen molar-refractivity contribution in [3.8, 4) is 0 Å². The number of carboxylic acids is 1. The highest BCUT2D eigenvalue weighted by Gasteiger charge is 2.10. The van der Waals surface area contributed by atoms with Gasteiger partial charge in [-0.2, -0.15) is 0 Å². The van der Waals surface area contributed by atoms with Crippen molar-refractivity contribution in [1.29, 1.82) is 0 Å². The second-order valence-electron chi connectivity index (χ2n) is 4.75. The van der Waals surface area contributed by atoms with E-state index in [1.165, 1.54) is 0 Å². The van der Waals surface area contributed by atoms with Gasteiger partial charge in [0.2, 0.25) is 0 Å². The minimum absolute atomic E-state index is 0.0369. The lowest BCUT2D eigenvalue weighted by Crippen LogP contribution is -2.40. The number of amides is 2. The molecule has 0 aliphatic rings. The first-order valence-electron chi connectivity index (χ1n) is 6.92. The fourth-order valence-corrected chi connectivity index (χ4v) is 1.87. The molecular weight excluding hydrogens is 272 g/mol. The first kappa shape index (κ1) is 17.0. The third-order valence-electron chi connectivity index (χ3n) is 3.01. The third-order valence-corrected chi connectivity index (χ3v) is 3.01. The minimum Gasteiger partial charge on any atom is -0.481 e. The molecule has 0 aliphatic carbocycles. The van der Waals surface area contributed by atoms with Gasteiger partial charge >= 0.3 is 12.0 Å². The van der Waals surface area contributed by atoms with Crippen molar-refractivity contribution in [2.45, 2.75) is 32.2 Å². The van der Waals surface area contributed by atoms with E-state index < -0.39 is 5.97 Å². The number of nitrogens with one attached hydrogen (secondary N) is 2. The van der Waals surface area contributed by atoms with Crippen LogP contribution in [0.15, 0.2) is 24.3 Å². The van der Waals surface area contributed by atoms with E-state index in [4.69, 9.17) is 9.84 Å². The van der Waals surface area contributed by atoms with Gasteiger partial charge < -0.3 is 20.5 Å². The highest BCUT2D eigenvalue weighted by atomic mass is 16.5. The Morgan fingerprint density at radius 2 is 2.14 bits per heavy atom. The maximum Gasteiger partial charge on any atom is 0.319 e. The van der Waals surface area contributed by atoms with E-state index in [1.54, 1.807) is 25.3 Å². The molecule has 1 rings (SSSR count). The zero-order valence-corrected chi connectivity index (χ0v) is 12.4. The Bertz CT molecular complexity index is 476. The summed E-state index contributed by atoms with van der Waals surface area (Å²) < 4.78 is 5.02. The molecule has 0 saturated heterocycles. The Morgan fingerprint density at radius 3 is 2.76 bits per heavy atom. The van der Waals surface area contributed by atoms with Crippen LogP contribution in [0.5, 0.6) is 0 Å². The zero-order valence-electron chi connectivity index (χ0n) is 12.4. The molecule has 1 unspecified atom stereocenters. The van der Waals surface area contributed by atoms with E-state index in [1.807, 2.05) is 13.0 Å². The van der Waals surface area contributed by atoms with Crippen molar-refractivity contribution in [1.82, 2.24) is 5.32 Å². The number of aliphatic carboxylic acids is 1. The second-order valence-corrected chi connectivity index (χ2v) is 4.75. The van der Waals surface area contributed by atoms with Gasteiger partial charge in [0.1, 0.15) is 0 Å². The van der Waals surface area contributed by atoms with Gasteiger partial charge in [0.25, 0.3) is 0 Å². The maximum absolute atomic E-state index is 11.9. The van der Waals surface area contributed by atoms with Gasteiger partial charge in [0.15, 0.2) is 0 Å². The molecule has 21 heavy (non-hydrogen) atoms. The predicted molar refractivity (Wildman–Crippen MR) is 80.5 cm³/mol. The van der Waals surface area contributed by atoms with E-state index in [9.17, 15) is 9.59 Å². The third kappa shape index (κ3) is 6.76. The number of methoxy groups -OCH3 is 1. The smallest absolute Gasteiger partial charge is 0.319 e. The van der Waals surface area contributed by atoms with Crippen LogP contribution >= 0.6 is 0 Å². The van der Waals surface area contributed by atoms with Crippen LogP contribution < -0.4 is 10.6 Å². The Balaban J connectivity index is 2.55. The molecule has 1 aromatic rings. The topological polar surface area (TPSA) is 87.7 Å². The molecule has 0 radical (unpaired) electrons. The first-order chi connectivity index (χ1) is 10.0. The summed E-state index contributed by atoms with van der Waals surface area (Å²) >= 11 is 0. The molecule has 0 heterocycles. The quantitative estimate of drug-likeness (QED) is 0.686. The van der Waals surface area contributed by atoms with E-state index in [0.717, 1.165) is 12.0 Å². The normalized spacial score (nSPS) is 11.7. The monoisotopic (exact) mass is 294 g/mol. The minimum atomic E-state index is -0.837. The van der Waals surface area contributed by atoms with Gasteiger partial charge in [-0.3, -0.25) is 4.79 Å². The molecule has 0 bridgehead atoms.